The molecular formula is C14H21N3O3S. The van der Waals surface area contributed by atoms with E-state index in [1.54, 1.807) is 17.0 Å². The molecule has 1 aromatic carbocycles. The van der Waals surface area contributed by atoms with Gasteiger partial charge < -0.3 is 15.5 Å². The molecule has 6 nitrogen and oxygen atoms in total. The van der Waals surface area contributed by atoms with Crippen LogP contribution in [-0.2, 0) is 14.6 Å². The van der Waals surface area contributed by atoms with E-state index < -0.39 is 15.6 Å². The quantitative estimate of drug-likeness (QED) is 0.802. The maximum absolute atomic E-state index is 12.3. The normalized spacial score (nSPS) is 17.0. The summed E-state index contributed by atoms with van der Waals surface area (Å²) in [7, 11) is -1.72. The van der Waals surface area contributed by atoms with E-state index in [4.69, 9.17) is 5.73 Å². The van der Waals surface area contributed by atoms with Crippen LogP contribution in [0.5, 0.6) is 0 Å². The van der Waals surface area contributed by atoms with E-state index >= 15 is 0 Å². The zero-order valence-corrected chi connectivity index (χ0v) is 13.2. The summed E-state index contributed by atoms with van der Waals surface area (Å²) >= 11 is 0. The van der Waals surface area contributed by atoms with Gasteiger partial charge in [-0.1, -0.05) is 6.07 Å². The number of carbonyl (C=O) groups excluding carboxylic acids is 1. The lowest BCUT2D eigenvalue weighted by Gasteiger charge is -2.32. The van der Waals surface area contributed by atoms with Gasteiger partial charge in [-0.15, -0.1) is 0 Å². The third-order valence-electron chi connectivity index (χ3n) is 3.67. The first kappa shape index (κ1) is 15.8. The standard InChI is InChI=1S/C14H21N3O3S/c1-11-3-4-13(12(15)9-11)21(19,20)10-14(18)17-7-5-16(2)6-8-17/h3-4,9H,5-8,10,15H2,1-2H3. The molecule has 0 radical (unpaired) electrons. The third kappa shape index (κ3) is 3.74. The fourth-order valence-electron chi connectivity index (χ4n) is 2.34. The summed E-state index contributed by atoms with van der Waals surface area (Å²) in [6.45, 7) is 4.49. The number of rotatable bonds is 3. The van der Waals surface area contributed by atoms with E-state index in [1.165, 1.54) is 6.07 Å². The van der Waals surface area contributed by atoms with E-state index in [0.29, 0.717) is 13.1 Å². The summed E-state index contributed by atoms with van der Waals surface area (Å²) in [4.78, 5) is 15.9. The molecule has 2 N–H and O–H groups in total. The second-order valence-electron chi connectivity index (χ2n) is 5.48. The molecule has 116 valence electrons. The molecule has 1 heterocycles. The summed E-state index contributed by atoms with van der Waals surface area (Å²) in [5.41, 5.74) is 6.85. The summed E-state index contributed by atoms with van der Waals surface area (Å²) in [5, 5.41) is 0. The Morgan fingerprint density at radius 2 is 1.86 bits per heavy atom. The van der Waals surface area contributed by atoms with Crippen molar-refractivity contribution in [3.8, 4) is 0 Å². The highest BCUT2D eigenvalue weighted by Crippen LogP contribution is 2.21. The Kier molecular flexibility index (Phi) is 4.53. The fourth-order valence-corrected chi connectivity index (χ4v) is 3.70. The first-order chi connectivity index (χ1) is 9.79. The number of hydrogen-bond acceptors (Lipinski definition) is 5. The van der Waals surface area contributed by atoms with E-state index in [1.807, 2.05) is 14.0 Å². The zero-order chi connectivity index (χ0) is 15.6. The van der Waals surface area contributed by atoms with Gasteiger partial charge >= 0.3 is 0 Å². The van der Waals surface area contributed by atoms with Crippen LogP contribution in [0.2, 0.25) is 0 Å². The van der Waals surface area contributed by atoms with Crippen LogP contribution in [-0.4, -0.2) is 63.1 Å². The number of benzene rings is 1. The molecule has 0 aliphatic carbocycles. The number of piperazine rings is 1. The molecule has 2 rings (SSSR count). The van der Waals surface area contributed by atoms with Gasteiger partial charge in [-0.2, -0.15) is 0 Å². The Balaban J connectivity index is 2.12. The van der Waals surface area contributed by atoms with Crippen LogP contribution < -0.4 is 5.73 Å². The van der Waals surface area contributed by atoms with E-state index in [-0.39, 0.29) is 16.5 Å². The lowest BCUT2D eigenvalue weighted by atomic mass is 10.2. The monoisotopic (exact) mass is 311 g/mol. The molecule has 1 aromatic rings. The largest absolute Gasteiger partial charge is 0.398 e. The molecule has 1 saturated heterocycles. The summed E-state index contributed by atoms with van der Waals surface area (Å²) in [6.07, 6.45) is 0. The topological polar surface area (TPSA) is 83.7 Å². The molecule has 0 spiro atoms. The smallest absolute Gasteiger partial charge is 0.238 e. The number of carbonyl (C=O) groups is 1. The molecule has 1 amide bonds. The van der Waals surface area contributed by atoms with Crippen molar-refractivity contribution >= 4 is 21.4 Å². The van der Waals surface area contributed by atoms with Gasteiger partial charge in [0, 0.05) is 26.2 Å². The summed E-state index contributed by atoms with van der Waals surface area (Å²) < 4.78 is 24.7. The molecule has 0 unspecified atom stereocenters. The van der Waals surface area contributed by atoms with Crippen molar-refractivity contribution in [2.24, 2.45) is 0 Å². The van der Waals surface area contributed by atoms with Gasteiger partial charge in [-0.05, 0) is 31.7 Å². The summed E-state index contributed by atoms with van der Waals surface area (Å²) in [6, 6.07) is 4.76. The van der Waals surface area contributed by atoms with Crippen LogP contribution >= 0.6 is 0 Å². The van der Waals surface area contributed by atoms with Crippen LogP contribution in [0.15, 0.2) is 23.1 Å². The molecule has 0 aromatic heterocycles. The van der Waals surface area contributed by atoms with Crippen molar-refractivity contribution in [3.63, 3.8) is 0 Å². The second kappa shape index (κ2) is 6.03. The van der Waals surface area contributed by atoms with Crippen molar-refractivity contribution in [3.05, 3.63) is 23.8 Å². The Hall–Kier alpha value is -1.60. The van der Waals surface area contributed by atoms with Gasteiger partial charge in [0.1, 0.15) is 5.75 Å². The number of anilines is 1. The number of sulfone groups is 1. The van der Waals surface area contributed by atoms with Crippen LogP contribution in [0.4, 0.5) is 5.69 Å². The van der Waals surface area contributed by atoms with Crippen molar-refractivity contribution in [1.29, 1.82) is 0 Å². The predicted octanol–water partition coefficient (Wildman–Crippen LogP) is 0.125. The SMILES string of the molecule is Cc1ccc(S(=O)(=O)CC(=O)N2CCN(C)CC2)c(N)c1. The molecule has 1 fully saturated rings. The van der Waals surface area contributed by atoms with Crippen molar-refractivity contribution in [2.45, 2.75) is 11.8 Å². The fraction of sp³-hybridized carbons (Fsp3) is 0.500. The Labute approximate surface area is 125 Å². The van der Waals surface area contributed by atoms with Gasteiger partial charge in [0.25, 0.3) is 0 Å². The molecule has 0 saturated carbocycles. The van der Waals surface area contributed by atoms with Crippen LogP contribution in [0, 0.1) is 6.92 Å². The van der Waals surface area contributed by atoms with Gasteiger partial charge in [0.05, 0.1) is 10.6 Å². The lowest BCUT2D eigenvalue weighted by molar-refractivity contribution is -0.129. The first-order valence-corrected chi connectivity index (χ1v) is 8.50. The van der Waals surface area contributed by atoms with Crippen LogP contribution in [0.1, 0.15) is 5.56 Å². The van der Waals surface area contributed by atoms with Crippen molar-refractivity contribution in [2.75, 3.05) is 44.7 Å². The Morgan fingerprint density at radius 1 is 1.24 bits per heavy atom. The highest BCUT2D eigenvalue weighted by molar-refractivity contribution is 7.92. The Morgan fingerprint density at radius 3 is 2.43 bits per heavy atom. The third-order valence-corrected chi connectivity index (χ3v) is 5.34. The van der Waals surface area contributed by atoms with Gasteiger partial charge in [0.15, 0.2) is 9.84 Å². The number of nitrogens with zero attached hydrogens (tertiary/aromatic N) is 2. The number of amides is 1. The first-order valence-electron chi connectivity index (χ1n) is 6.85. The molecule has 0 bridgehead atoms. The molecule has 0 atom stereocenters. The minimum Gasteiger partial charge on any atom is -0.398 e. The maximum atomic E-state index is 12.3. The average Bonchev–Trinajstić information content (AvgIpc) is 2.38. The number of likely N-dealkylation sites (N-methyl/N-ethyl adjacent to an activating group) is 1. The lowest BCUT2D eigenvalue weighted by Crippen LogP contribution is -2.48. The molecule has 7 heteroatoms. The van der Waals surface area contributed by atoms with E-state index in [2.05, 4.69) is 4.90 Å². The highest BCUT2D eigenvalue weighted by atomic mass is 32.2. The van der Waals surface area contributed by atoms with Gasteiger partial charge in [-0.25, -0.2) is 8.42 Å². The average molecular weight is 311 g/mol. The minimum atomic E-state index is -3.70. The maximum Gasteiger partial charge on any atom is 0.238 e. The Bertz CT molecular complexity index is 635. The van der Waals surface area contributed by atoms with Gasteiger partial charge in [-0.3, -0.25) is 4.79 Å². The summed E-state index contributed by atoms with van der Waals surface area (Å²) in [5.74, 6) is -0.882. The number of hydrogen-bond donors (Lipinski definition) is 1. The van der Waals surface area contributed by atoms with Crippen LogP contribution in [0.3, 0.4) is 0 Å². The van der Waals surface area contributed by atoms with E-state index in [9.17, 15) is 13.2 Å². The van der Waals surface area contributed by atoms with E-state index in [0.717, 1.165) is 18.7 Å². The highest BCUT2D eigenvalue weighted by Gasteiger charge is 2.26. The second-order valence-corrected chi connectivity index (χ2v) is 7.44. The number of nitrogens with two attached hydrogens (primary N) is 1. The molecule has 21 heavy (non-hydrogen) atoms. The number of nitrogen functional groups attached to an aromatic ring is 1. The van der Waals surface area contributed by atoms with Gasteiger partial charge in [0.2, 0.25) is 5.91 Å². The van der Waals surface area contributed by atoms with Crippen LogP contribution in [0.25, 0.3) is 0 Å². The predicted molar refractivity (Wildman–Crippen MR) is 81.7 cm³/mol. The minimum absolute atomic E-state index is 0.0376. The number of aryl methyl sites for hydroxylation is 1. The molecular weight excluding hydrogens is 290 g/mol. The molecule has 1 aliphatic rings. The zero-order valence-electron chi connectivity index (χ0n) is 12.4. The molecule has 1 aliphatic heterocycles. The van der Waals surface area contributed by atoms with Crippen molar-refractivity contribution in [1.82, 2.24) is 9.80 Å². The van der Waals surface area contributed by atoms with Crippen molar-refractivity contribution < 1.29 is 13.2 Å².